The second-order valence-electron chi connectivity index (χ2n) is 7.84. The number of hydrogen-bond donors (Lipinski definition) is 1. The monoisotopic (exact) mass is 431 g/mol. The van der Waals surface area contributed by atoms with Gasteiger partial charge in [-0.05, 0) is 54.2 Å². The number of amides is 1. The number of nitrogens with one attached hydrogen (secondary N) is 1. The van der Waals surface area contributed by atoms with Crippen molar-refractivity contribution in [1.82, 2.24) is 14.6 Å². The van der Waals surface area contributed by atoms with Crippen molar-refractivity contribution in [3.8, 4) is 5.75 Å². The summed E-state index contributed by atoms with van der Waals surface area (Å²) in [6, 6.07) is 8.95. The molecule has 1 aliphatic rings. The summed E-state index contributed by atoms with van der Waals surface area (Å²) in [5.74, 6) is 0.00540. The predicted octanol–water partition coefficient (Wildman–Crippen LogP) is 2.93. The maximum atomic E-state index is 13.4. The Labute approximate surface area is 178 Å². The van der Waals surface area contributed by atoms with Gasteiger partial charge >= 0.3 is 0 Å². The molecule has 1 aromatic heterocycles. The third-order valence-electron chi connectivity index (χ3n) is 5.44. The van der Waals surface area contributed by atoms with Crippen molar-refractivity contribution in [2.45, 2.75) is 44.0 Å². The Hall–Kier alpha value is -2.45. The number of rotatable bonds is 7. The van der Waals surface area contributed by atoms with Crippen LogP contribution in [0.5, 0.6) is 5.75 Å². The number of carbonyl (C=O) groups is 1. The van der Waals surface area contributed by atoms with Crippen LogP contribution in [-0.4, -0.2) is 43.8 Å². The highest BCUT2D eigenvalue weighted by molar-refractivity contribution is 7.89. The lowest BCUT2D eigenvalue weighted by atomic mass is 9.99. The number of pyridine rings is 1. The van der Waals surface area contributed by atoms with Crippen LogP contribution in [-0.2, 0) is 21.4 Å². The Kier molecular flexibility index (Phi) is 7.10. The molecule has 1 aromatic carbocycles. The first-order valence-electron chi connectivity index (χ1n) is 10.2. The first kappa shape index (κ1) is 22.2. The molecule has 1 N–H and O–H groups in total. The molecule has 1 fully saturated rings. The van der Waals surface area contributed by atoms with E-state index in [-0.39, 0.29) is 29.2 Å². The molecular weight excluding hydrogens is 402 g/mol. The Bertz CT molecular complexity index is 977. The van der Waals surface area contributed by atoms with Crippen LogP contribution in [0.15, 0.2) is 47.6 Å². The van der Waals surface area contributed by atoms with E-state index in [0.29, 0.717) is 31.7 Å². The maximum Gasteiger partial charge on any atom is 0.246 e. The fourth-order valence-electron chi connectivity index (χ4n) is 3.60. The van der Waals surface area contributed by atoms with Crippen LogP contribution in [0, 0.1) is 5.92 Å². The van der Waals surface area contributed by atoms with E-state index in [0.717, 1.165) is 11.1 Å². The van der Waals surface area contributed by atoms with E-state index in [1.165, 1.54) is 11.4 Å². The molecule has 0 radical (unpaired) electrons. The van der Waals surface area contributed by atoms with Gasteiger partial charge in [0.25, 0.3) is 0 Å². The molecule has 1 amide bonds. The van der Waals surface area contributed by atoms with Gasteiger partial charge in [0, 0.05) is 32.0 Å². The Balaban J connectivity index is 1.75. The minimum Gasteiger partial charge on any atom is -0.495 e. The van der Waals surface area contributed by atoms with Gasteiger partial charge in [-0.15, -0.1) is 0 Å². The first-order valence-corrected chi connectivity index (χ1v) is 11.6. The van der Waals surface area contributed by atoms with Gasteiger partial charge in [-0.2, -0.15) is 4.31 Å². The fourth-order valence-corrected chi connectivity index (χ4v) is 5.32. The van der Waals surface area contributed by atoms with Gasteiger partial charge in [0.05, 0.1) is 13.0 Å². The van der Waals surface area contributed by atoms with Crippen molar-refractivity contribution in [3.63, 3.8) is 0 Å². The summed E-state index contributed by atoms with van der Waals surface area (Å²) in [6.07, 6.45) is 4.65. The lowest BCUT2D eigenvalue weighted by molar-refractivity contribution is -0.126. The summed E-state index contributed by atoms with van der Waals surface area (Å²) in [7, 11) is -2.31. The van der Waals surface area contributed by atoms with E-state index in [2.05, 4.69) is 10.3 Å². The Morgan fingerprint density at radius 3 is 2.67 bits per heavy atom. The number of carbonyl (C=O) groups excluding carboxylic acids is 1. The summed E-state index contributed by atoms with van der Waals surface area (Å²) < 4.78 is 33.5. The second-order valence-corrected chi connectivity index (χ2v) is 9.75. The fraction of sp³-hybridized carbons (Fsp3) is 0.455. The van der Waals surface area contributed by atoms with Gasteiger partial charge in [-0.25, -0.2) is 8.42 Å². The first-order chi connectivity index (χ1) is 14.3. The lowest BCUT2D eigenvalue weighted by Gasteiger charge is -2.31. The zero-order chi connectivity index (χ0) is 21.7. The Morgan fingerprint density at radius 2 is 2.00 bits per heavy atom. The Morgan fingerprint density at radius 1 is 1.27 bits per heavy atom. The van der Waals surface area contributed by atoms with Crippen molar-refractivity contribution in [2.75, 3.05) is 20.2 Å². The van der Waals surface area contributed by atoms with E-state index in [4.69, 9.17) is 4.74 Å². The normalized spacial score (nSPS) is 17.7. The highest BCUT2D eigenvalue weighted by Crippen LogP contribution is 2.32. The number of nitrogens with zero attached hydrogens (tertiary/aromatic N) is 2. The summed E-state index contributed by atoms with van der Waals surface area (Å²) in [5, 5.41) is 2.91. The number of aromatic nitrogens is 1. The minimum absolute atomic E-state index is 0.130. The number of piperidine rings is 1. The van der Waals surface area contributed by atoms with Crippen molar-refractivity contribution in [1.29, 1.82) is 0 Å². The van der Waals surface area contributed by atoms with Crippen LogP contribution in [0.3, 0.4) is 0 Å². The van der Waals surface area contributed by atoms with Crippen molar-refractivity contribution < 1.29 is 17.9 Å². The molecule has 8 heteroatoms. The molecule has 30 heavy (non-hydrogen) atoms. The molecule has 0 saturated carbocycles. The molecular formula is C22H29N3O4S. The zero-order valence-corrected chi connectivity index (χ0v) is 18.5. The van der Waals surface area contributed by atoms with Crippen molar-refractivity contribution >= 4 is 15.9 Å². The number of benzene rings is 1. The molecule has 2 heterocycles. The molecule has 2 aromatic rings. The van der Waals surface area contributed by atoms with Crippen LogP contribution < -0.4 is 10.1 Å². The van der Waals surface area contributed by atoms with Gasteiger partial charge < -0.3 is 10.1 Å². The number of ether oxygens (including phenoxy) is 1. The molecule has 162 valence electrons. The quantitative estimate of drug-likeness (QED) is 0.728. The van der Waals surface area contributed by atoms with Gasteiger partial charge in [0.15, 0.2) is 0 Å². The number of sulfonamides is 1. The van der Waals surface area contributed by atoms with Crippen molar-refractivity contribution in [2.24, 2.45) is 5.92 Å². The highest BCUT2D eigenvalue weighted by Gasteiger charge is 2.35. The van der Waals surface area contributed by atoms with E-state index in [9.17, 15) is 13.2 Å². The molecule has 0 aliphatic carbocycles. The third-order valence-corrected chi connectivity index (χ3v) is 7.33. The standard InChI is InChI=1S/C22H29N3O4S/c1-16(2)18-6-7-20(29-3)21(13-18)30(27,28)25-12-4-5-19(15-25)22(26)24-14-17-8-10-23-11-9-17/h6-11,13,16,19H,4-5,12,14-15H2,1-3H3,(H,24,26)/t19-/m1/s1. The molecule has 1 aliphatic heterocycles. The van der Waals surface area contributed by atoms with Crippen LogP contribution in [0.2, 0.25) is 0 Å². The summed E-state index contributed by atoms with van der Waals surface area (Å²) in [5.41, 5.74) is 1.88. The molecule has 0 bridgehead atoms. The predicted molar refractivity (Wildman–Crippen MR) is 115 cm³/mol. The van der Waals surface area contributed by atoms with Crippen LogP contribution >= 0.6 is 0 Å². The van der Waals surface area contributed by atoms with E-state index >= 15 is 0 Å². The topological polar surface area (TPSA) is 88.6 Å². The SMILES string of the molecule is COc1ccc(C(C)C)cc1S(=O)(=O)N1CCC[C@@H](C(=O)NCc2ccncc2)C1. The minimum atomic E-state index is -3.77. The largest absolute Gasteiger partial charge is 0.495 e. The van der Waals surface area contributed by atoms with E-state index in [1.807, 2.05) is 32.0 Å². The van der Waals surface area contributed by atoms with Gasteiger partial charge in [-0.3, -0.25) is 9.78 Å². The molecule has 0 unspecified atom stereocenters. The average Bonchev–Trinajstić information content (AvgIpc) is 2.77. The van der Waals surface area contributed by atoms with E-state index < -0.39 is 10.0 Å². The van der Waals surface area contributed by atoms with Crippen LogP contribution in [0.1, 0.15) is 43.7 Å². The molecule has 1 saturated heterocycles. The zero-order valence-electron chi connectivity index (χ0n) is 17.7. The average molecular weight is 432 g/mol. The maximum absolute atomic E-state index is 13.4. The summed E-state index contributed by atoms with van der Waals surface area (Å²) in [4.78, 5) is 16.8. The van der Waals surface area contributed by atoms with E-state index in [1.54, 1.807) is 24.5 Å². The summed E-state index contributed by atoms with van der Waals surface area (Å²) >= 11 is 0. The number of methoxy groups -OCH3 is 1. The molecule has 1 atom stereocenters. The van der Waals surface area contributed by atoms with Gasteiger partial charge in [-0.1, -0.05) is 19.9 Å². The highest BCUT2D eigenvalue weighted by atomic mass is 32.2. The lowest BCUT2D eigenvalue weighted by Crippen LogP contribution is -2.45. The van der Waals surface area contributed by atoms with Crippen LogP contribution in [0.4, 0.5) is 0 Å². The molecule has 0 spiro atoms. The molecule has 3 rings (SSSR count). The summed E-state index contributed by atoms with van der Waals surface area (Å²) in [6.45, 7) is 4.99. The smallest absolute Gasteiger partial charge is 0.246 e. The number of hydrogen-bond acceptors (Lipinski definition) is 5. The molecule has 7 nitrogen and oxygen atoms in total. The third kappa shape index (κ3) is 4.99. The second kappa shape index (κ2) is 9.57. The van der Waals surface area contributed by atoms with Crippen molar-refractivity contribution in [3.05, 3.63) is 53.9 Å². The van der Waals surface area contributed by atoms with Gasteiger partial charge in [0.1, 0.15) is 10.6 Å². The van der Waals surface area contributed by atoms with Gasteiger partial charge in [0.2, 0.25) is 15.9 Å². The van der Waals surface area contributed by atoms with Crippen LogP contribution in [0.25, 0.3) is 0 Å².